The molecule has 0 aliphatic carbocycles. The Hall–Kier alpha value is -2.52. The van der Waals surface area contributed by atoms with Crippen LogP contribution in [0.3, 0.4) is 0 Å². The van der Waals surface area contributed by atoms with E-state index in [-0.39, 0.29) is 18.0 Å². The molecule has 1 aliphatic rings. The Morgan fingerprint density at radius 2 is 1.97 bits per heavy atom. The van der Waals surface area contributed by atoms with E-state index < -0.39 is 0 Å². The molecular formula is C26H26ClN3O2S3. The van der Waals surface area contributed by atoms with Crippen LogP contribution in [0.5, 0.6) is 5.75 Å². The molecule has 5 rings (SSSR count). The van der Waals surface area contributed by atoms with E-state index in [1.54, 1.807) is 41.5 Å². The highest BCUT2D eigenvalue weighted by atomic mass is 35.5. The molecule has 0 unspecified atom stereocenters. The van der Waals surface area contributed by atoms with Gasteiger partial charge in [0.25, 0.3) is 10.6 Å². The molecule has 2 aromatic carbocycles. The summed E-state index contributed by atoms with van der Waals surface area (Å²) in [6.07, 6.45) is 4.22. The van der Waals surface area contributed by atoms with Gasteiger partial charge in [-0.1, -0.05) is 41.3 Å². The number of anilines is 1. The van der Waals surface area contributed by atoms with Crippen LogP contribution in [0, 0.1) is 6.92 Å². The zero-order valence-electron chi connectivity index (χ0n) is 19.9. The molecule has 5 nitrogen and oxygen atoms in total. The second-order valence-corrected chi connectivity index (χ2v) is 11.1. The minimum atomic E-state index is 0. The molecule has 182 valence electrons. The maximum Gasteiger partial charge on any atom is 0.271 e. The van der Waals surface area contributed by atoms with Crippen molar-refractivity contribution < 1.29 is 21.7 Å². The molecule has 0 saturated heterocycles. The highest BCUT2D eigenvalue weighted by molar-refractivity contribution is 8.08. The standard InChI is InChI=1S/C26H26N3O2S3.ClH/c1-5-29-23(15-22-28(12-13-32-22)16-18-8-6-7-9-20(18)31-4)34-24(25(29)30)26-27(3)19-11-10-17(2)14-21(19)33-26;/h6-15H,5,16H2,1-4H3;1H/q+1;/p-1/b26-24+;. The van der Waals surface area contributed by atoms with E-state index in [1.807, 2.05) is 36.7 Å². The molecule has 3 heterocycles. The highest BCUT2D eigenvalue weighted by Crippen LogP contribution is 2.45. The third-order valence-corrected chi connectivity index (χ3v) is 9.22. The fourth-order valence-corrected chi connectivity index (χ4v) is 7.53. The van der Waals surface area contributed by atoms with Crippen LogP contribution in [0.25, 0.3) is 11.1 Å². The second-order valence-electron chi connectivity index (χ2n) is 8.08. The topological polar surface area (TPSA) is 38.4 Å². The third kappa shape index (κ3) is 4.80. The molecule has 0 atom stereocenters. The second kappa shape index (κ2) is 10.6. The van der Waals surface area contributed by atoms with E-state index in [2.05, 4.69) is 58.3 Å². The zero-order chi connectivity index (χ0) is 23.8. The Bertz CT molecular complexity index is 1550. The summed E-state index contributed by atoms with van der Waals surface area (Å²) in [6, 6.07) is 14.5. The summed E-state index contributed by atoms with van der Waals surface area (Å²) in [5.74, 6) is 0.878. The first-order chi connectivity index (χ1) is 16.5. The number of halogens is 1. The van der Waals surface area contributed by atoms with Gasteiger partial charge in [0, 0.05) is 18.5 Å². The van der Waals surface area contributed by atoms with Gasteiger partial charge in [0.05, 0.1) is 29.8 Å². The van der Waals surface area contributed by atoms with Gasteiger partial charge in [-0.25, -0.2) is 0 Å². The molecule has 0 spiro atoms. The fourth-order valence-electron chi connectivity index (χ4n) is 4.11. The van der Waals surface area contributed by atoms with Gasteiger partial charge in [-0.05, 0) is 43.7 Å². The predicted octanol–water partition coefficient (Wildman–Crippen LogP) is 0.785. The molecule has 0 radical (unpaired) electrons. The van der Waals surface area contributed by atoms with Gasteiger partial charge < -0.3 is 22.0 Å². The van der Waals surface area contributed by atoms with Crippen molar-refractivity contribution in [3.8, 4) is 5.75 Å². The molecule has 0 fully saturated rings. The van der Waals surface area contributed by atoms with E-state index in [9.17, 15) is 4.79 Å². The Morgan fingerprint density at radius 3 is 2.74 bits per heavy atom. The van der Waals surface area contributed by atoms with Crippen molar-refractivity contribution in [1.29, 1.82) is 0 Å². The number of benzene rings is 2. The number of rotatable bonds is 5. The maximum atomic E-state index is 13.4. The van der Waals surface area contributed by atoms with Crippen molar-refractivity contribution in [2.24, 2.45) is 0 Å². The van der Waals surface area contributed by atoms with Gasteiger partial charge in [-0.2, -0.15) is 4.57 Å². The van der Waals surface area contributed by atoms with E-state index in [1.165, 1.54) is 10.5 Å². The quantitative estimate of drug-likeness (QED) is 0.349. The maximum absolute atomic E-state index is 13.4. The summed E-state index contributed by atoms with van der Waals surface area (Å²) in [5.41, 5.74) is 3.57. The number of para-hydroxylation sites is 1. The first-order valence-electron chi connectivity index (χ1n) is 11.1. The number of fused-ring (bicyclic) bond motifs is 1. The molecule has 0 saturated carbocycles. The van der Waals surface area contributed by atoms with Crippen molar-refractivity contribution >= 4 is 51.2 Å². The van der Waals surface area contributed by atoms with Crippen LogP contribution in [0.15, 0.2) is 63.7 Å². The van der Waals surface area contributed by atoms with Crippen LogP contribution in [-0.4, -0.2) is 18.7 Å². The summed E-state index contributed by atoms with van der Waals surface area (Å²) in [6.45, 7) is 5.47. The normalized spacial score (nSPS) is 14.7. The lowest BCUT2D eigenvalue weighted by Gasteiger charge is -2.12. The van der Waals surface area contributed by atoms with E-state index in [4.69, 9.17) is 4.74 Å². The number of nitrogens with zero attached hydrogens (tertiary/aromatic N) is 3. The number of ether oxygens (including phenoxy) is 1. The smallest absolute Gasteiger partial charge is 0.271 e. The minimum Gasteiger partial charge on any atom is -1.00 e. The molecule has 1 aliphatic heterocycles. The zero-order valence-corrected chi connectivity index (χ0v) is 23.2. The average Bonchev–Trinajstić information content (AvgIpc) is 3.50. The van der Waals surface area contributed by atoms with Crippen LogP contribution in [0.4, 0.5) is 5.69 Å². The van der Waals surface area contributed by atoms with E-state index >= 15 is 0 Å². The van der Waals surface area contributed by atoms with E-state index in [0.717, 1.165) is 36.2 Å². The Balaban J connectivity index is 0.00000289. The summed E-state index contributed by atoms with van der Waals surface area (Å²) >= 11 is 4.93. The van der Waals surface area contributed by atoms with Crippen LogP contribution in [0.1, 0.15) is 23.1 Å². The molecule has 0 amide bonds. The van der Waals surface area contributed by atoms with Crippen LogP contribution in [0.2, 0.25) is 0 Å². The summed E-state index contributed by atoms with van der Waals surface area (Å²) in [7, 11) is 3.75. The Labute approximate surface area is 223 Å². The summed E-state index contributed by atoms with van der Waals surface area (Å²) < 4.78 is 11.4. The minimum absolute atomic E-state index is 0. The monoisotopic (exact) mass is 543 g/mol. The molecular weight excluding hydrogens is 518 g/mol. The van der Waals surface area contributed by atoms with Crippen LogP contribution in [-0.2, 0) is 13.1 Å². The highest BCUT2D eigenvalue weighted by Gasteiger charge is 2.25. The molecule has 2 aromatic heterocycles. The summed E-state index contributed by atoms with van der Waals surface area (Å²) in [5, 5.41) is 4.18. The fraction of sp³-hybridized carbons (Fsp3) is 0.231. The number of thioether (sulfide) groups is 1. The summed E-state index contributed by atoms with van der Waals surface area (Å²) in [4.78, 5) is 16.8. The number of thiazole rings is 2. The van der Waals surface area contributed by atoms with Crippen molar-refractivity contribution in [2.45, 2.75) is 31.8 Å². The first kappa shape index (κ1) is 25.6. The number of hydrogen-bond donors (Lipinski definition) is 0. The van der Waals surface area contributed by atoms with Crippen molar-refractivity contribution in [3.05, 3.63) is 89.7 Å². The molecule has 35 heavy (non-hydrogen) atoms. The van der Waals surface area contributed by atoms with Gasteiger partial charge in [0.1, 0.15) is 20.0 Å². The number of hydrogen-bond acceptors (Lipinski definition) is 6. The average molecular weight is 544 g/mol. The lowest BCUT2D eigenvalue weighted by atomic mass is 10.2. The first-order valence-corrected chi connectivity index (χ1v) is 13.6. The number of aromatic nitrogens is 2. The third-order valence-electron chi connectivity index (χ3n) is 5.90. The lowest BCUT2D eigenvalue weighted by Crippen LogP contribution is -3.00. The molecule has 0 N–H and O–H groups in total. The Kier molecular flexibility index (Phi) is 7.76. The van der Waals surface area contributed by atoms with Gasteiger partial charge in [0.15, 0.2) is 12.7 Å². The van der Waals surface area contributed by atoms with Gasteiger partial charge >= 0.3 is 0 Å². The molecule has 4 aromatic rings. The Morgan fingerprint density at radius 1 is 1.17 bits per heavy atom. The number of methoxy groups -OCH3 is 1. The molecule has 9 heteroatoms. The van der Waals surface area contributed by atoms with Crippen molar-refractivity contribution in [2.75, 3.05) is 19.1 Å². The largest absolute Gasteiger partial charge is 1.00 e. The SMILES string of the molecule is CCn1c(=O)/c(=C2\Sc3cc(C)ccc3N2C)s/c1=C\c1scc[n+]1Cc1ccccc1OC.[Cl-]. The van der Waals surface area contributed by atoms with Crippen LogP contribution >= 0.6 is 34.4 Å². The van der Waals surface area contributed by atoms with Gasteiger partial charge in [-0.3, -0.25) is 9.36 Å². The number of aryl methyl sites for hydroxylation is 1. The van der Waals surface area contributed by atoms with Gasteiger partial charge in [0.2, 0.25) is 0 Å². The molecule has 0 bridgehead atoms. The van der Waals surface area contributed by atoms with Crippen molar-refractivity contribution in [1.82, 2.24) is 4.57 Å². The van der Waals surface area contributed by atoms with Crippen molar-refractivity contribution in [3.63, 3.8) is 0 Å². The van der Waals surface area contributed by atoms with E-state index in [0.29, 0.717) is 13.1 Å². The van der Waals surface area contributed by atoms with Crippen LogP contribution < -0.4 is 41.4 Å². The van der Waals surface area contributed by atoms with Gasteiger partial charge in [-0.15, -0.1) is 11.3 Å². The predicted molar refractivity (Wildman–Crippen MR) is 143 cm³/mol. The lowest BCUT2D eigenvalue weighted by molar-refractivity contribution is -0.685.